The smallest absolute Gasteiger partial charge is 0.306 e. The highest BCUT2D eigenvalue weighted by Crippen LogP contribution is 2.60. The van der Waals surface area contributed by atoms with Crippen LogP contribution in [0.4, 0.5) is 11.4 Å². The Bertz CT molecular complexity index is 1170. The molecule has 0 fully saturated rings. The van der Waals surface area contributed by atoms with E-state index in [1.54, 1.807) is 59.2 Å². The van der Waals surface area contributed by atoms with Gasteiger partial charge < -0.3 is 4.90 Å². The van der Waals surface area contributed by atoms with Gasteiger partial charge in [-0.1, -0.05) is 60.1 Å². The number of benzene rings is 3. The molecular weight excluding hydrogens is 455 g/mol. The first-order chi connectivity index (χ1) is 15.7. The van der Waals surface area contributed by atoms with Gasteiger partial charge in [0.05, 0.1) is 6.54 Å². The molecule has 1 heterocycles. The van der Waals surface area contributed by atoms with Gasteiger partial charge >= 0.3 is 7.59 Å². The van der Waals surface area contributed by atoms with Crippen molar-refractivity contribution in [2.75, 3.05) is 37.8 Å². The summed E-state index contributed by atoms with van der Waals surface area (Å²) in [6, 6.07) is 24.0. The third-order valence-corrected chi connectivity index (χ3v) is 9.22. The number of carbonyl (C=O) groups excluding carboxylic acids is 1. The van der Waals surface area contributed by atoms with Crippen molar-refractivity contribution in [1.29, 1.82) is 0 Å². The molecule has 0 saturated heterocycles. The fourth-order valence-corrected chi connectivity index (χ4v) is 6.89. The van der Waals surface area contributed by atoms with Gasteiger partial charge in [0.25, 0.3) is 5.91 Å². The van der Waals surface area contributed by atoms with E-state index in [2.05, 4.69) is 0 Å². The number of rotatable bonds is 7. The molecule has 1 amide bonds. The van der Waals surface area contributed by atoms with E-state index in [4.69, 9.17) is 11.6 Å². The Hall–Kier alpha value is -2.63. The maximum Gasteiger partial charge on any atom is 0.311 e. The van der Waals surface area contributed by atoms with Crippen LogP contribution in [0.3, 0.4) is 0 Å². The molecule has 1 aliphatic rings. The number of hydrogen-bond acceptors (Lipinski definition) is 2. The van der Waals surface area contributed by atoms with Crippen molar-refractivity contribution in [3.63, 3.8) is 0 Å². The summed E-state index contributed by atoms with van der Waals surface area (Å²) >= 11 is 6.15. The molecule has 0 bridgehead atoms. The Morgan fingerprint density at radius 2 is 1.42 bits per heavy atom. The van der Waals surface area contributed by atoms with Gasteiger partial charge in [0.2, 0.25) is 0 Å². The summed E-state index contributed by atoms with van der Waals surface area (Å²) in [6.07, 6.45) is 0. The van der Waals surface area contributed by atoms with Crippen molar-refractivity contribution >= 4 is 36.5 Å². The van der Waals surface area contributed by atoms with Gasteiger partial charge in [-0.25, -0.2) is 9.34 Å². The second kappa shape index (κ2) is 9.32. The third-order valence-electron chi connectivity index (χ3n) is 5.86. The minimum absolute atomic E-state index is 0.112. The highest BCUT2D eigenvalue weighted by Gasteiger charge is 2.49. The van der Waals surface area contributed by atoms with Crippen LogP contribution in [0.15, 0.2) is 78.9 Å². The summed E-state index contributed by atoms with van der Waals surface area (Å²) in [4.78, 5) is 15.8. The van der Waals surface area contributed by atoms with Crippen LogP contribution in [0, 0.1) is 0 Å². The lowest BCUT2D eigenvalue weighted by Gasteiger charge is -2.43. The molecule has 3 aromatic carbocycles. The van der Waals surface area contributed by atoms with Crippen molar-refractivity contribution < 1.29 is 9.36 Å². The second-order valence-electron chi connectivity index (χ2n) is 8.40. The molecule has 33 heavy (non-hydrogen) atoms. The lowest BCUT2D eigenvalue weighted by molar-refractivity contribution is -0.119. The van der Waals surface area contributed by atoms with Gasteiger partial charge in [-0.05, 0) is 64.1 Å². The SMILES string of the molecule is CN(C)P(=O)(N(C)C)N(c1ccc(Cl)cc1)C1C(=O)N(Cc2ccccc2)c2ccccc21. The molecule has 1 aliphatic heterocycles. The maximum atomic E-state index is 14.6. The molecule has 1 unspecified atom stereocenters. The minimum Gasteiger partial charge on any atom is -0.306 e. The third kappa shape index (κ3) is 4.20. The molecule has 0 aromatic heterocycles. The van der Waals surface area contributed by atoms with Crippen LogP contribution in [0.25, 0.3) is 0 Å². The molecule has 4 rings (SSSR count). The Morgan fingerprint density at radius 3 is 2.03 bits per heavy atom. The van der Waals surface area contributed by atoms with Gasteiger partial charge in [0, 0.05) is 22.0 Å². The summed E-state index contributed by atoms with van der Waals surface area (Å²) in [6.45, 7) is 0.440. The predicted molar refractivity (Wildman–Crippen MR) is 136 cm³/mol. The Kier molecular flexibility index (Phi) is 6.64. The van der Waals surface area contributed by atoms with Crippen molar-refractivity contribution in [3.05, 3.63) is 95.0 Å². The Morgan fingerprint density at radius 1 is 0.848 bits per heavy atom. The number of carbonyl (C=O) groups is 1. The van der Waals surface area contributed by atoms with Crippen LogP contribution in [0.2, 0.25) is 5.02 Å². The summed E-state index contributed by atoms with van der Waals surface area (Å²) < 4.78 is 19.7. The summed E-state index contributed by atoms with van der Waals surface area (Å²) in [5.41, 5.74) is 3.36. The quantitative estimate of drug-likeness (QED) is 0.406. The molecule has 6 nitrogen and oxygen atoms in total. The molecule has 0 radical (unpaired) electrons. The number of fused-ring (bicyclic) bond motifs is 1. The molecule has 1 atom stereocenters. The van der Waals surface area contributed by atoms with Crippen LogP contribution in [-0.4, -0.2) is 43.4 Å². The lowest BCUT2D eigenvalue weighted by atomic mass is 10.1. The Balaban J connectivity index is 1.89. The van der Waals surface area contributed by atoms with E-state index in [1.165, 1.54) is 0 Å². The van der Waals surface area contributed by atoms with E-state index in [1.807, 2.05) is 66.7 Å². The molecule has 0 saturated carbocycles. The highest BCUT2D eigenvalue weighted by atomic mass is 35.5. The molecule has 3 aromatic rings. The van der Waals surface area contributed by atoms with Crippen molar-refractivity contribution in [2.45, 2.75) is 12.6 Å². The van der Waals surface area contributed by atoms with Crippen LogP contribution < -0.4 is 9.57 Å². The number of amides is 1. The molecule has 0 spiro atoms. The van der Waals surface area contributed by atoms with Crippen LogP contribution in [0.5, 0.6) is 0 Å². The fraction of sp³-hybridized carbons (Fsp3) is 0.240. The molecule has 8 heteroatoms. The molecule has 0 aliphatic carbocycles. The summed E-state index contributed by atoms with van der Waals surface area (Å²) in [5.74, 6) is -0.112. The number of anilines is 2. The van der Waals surface area contributed by atoms with Crippen molar-refractivity contribution in [3.8, 4) is 0 Å². The first-order valence-electron chi connectivity index (χ1n) is 10.7. The second-order valence-corrected chi connectivity index (χ2v) is 11.9. The number of para-hydroxylation sites is 1. The minimum atomic E-state index is -3.35. The van der Waals surface area contributed by atoms with E-state index in [0.717, 1.165) is 16.8 Å². The largest absolute Gasteiger partial charge is 0.311 e. The summed E-state index contributed by atoms with van der Waals surface area (Å²) in [5, 5.41) is 0.576. The van der Waals surface area contributed by atoms with Crippen molar-refractivity contribution in [1.82, 2.24) is 9.34 Å². The number of halogens is 1. The highest BCUT2D eigenvalue weighted by molar-refractivity contribution is 7.60. The molecule has 172 valence electrons. The lowest BCUT2D eigenvalue weighted by Crippen LogP contribution is -2.41. The van der Waals surface area contributed by atoms with Crippen LogP contribution in [-0.2, 0) is 15.9 Å². The van der Waals surface area contributed by atoms with Gasteiger partial charge in [-0.2, -0.15) is 0 Å². The number of nitrogens with zero attached hydrogens (tertiary/aromatic N) is 4. The van der Waals surface area contributed by atoms with E-state index in [0.29, 0.717) is 17.3 Å². The first-order valence-corrected chi connectivity index (χ1v) is 12.6. The van der Waals surface area contributed by atoms with Crippen molar-refractivity contribution in [2.24, 2.45) is 0 Å². The normalized spacial score (nSPS) is 15.9. The Labute approximate surface area is 200 Å². The first kappa shape index (κ1) is 23.5. The van der Waals surface area contributed by atoms with Gasteiger partial charge in [-0.3, -0.25) is 14.0 Å². The van der Waals surface area contributed by atoms with Gasteiger partial charge in [0.15, 0.2) is 0 Å². The average molecular weight is 483 g/mol. The molecular formula is C25H28ClN4O2P. The zero-order valence-electron chi connectivity index (χ0n) is 19.2. The standard InChI is InChI=1S/C25H28ClN4O2P/c1-27(2)33(32,28(3)4)30(21-16-14-20(26)15-17-21)24-22-12-8-9-13-23(22)29(25(24)31)18-19-10-6-5-7-11-19/h5-17,24H,18H2,1-4H3. The molecule has 0 N–H and O–H groups in total. The van der Waals surface area contributed by atoms with Crippen LogP contribution in [0.1, 0.15) is 17.2 Å². The van der Waals surface area contributed by atoms with E-state index >= 15 is 0 Å². The monoisotopic (exact) mass is 482 g/mol. The average Bonchev–Trinajstić information content (AvgIpc) is 3.07. The zero-order valence-corrected chi connectivity index (χ0v) is 20.9. The van der Waals surface area contributed by atoms with E-state index in [-0.39, 0.29) is 5.91 Å². The van der Waals surface area contributed by atoms with Crippen LogP contribution >= 0.6 is 19.2 Å². The predicted octanol–water partition coefficient (Wildman–Crippen LogP) is 5.67. The topological polar surface area (TPSA) is 47.1 Å². The summed E-state index contributed by atoms with van der Waals surface area (Å²) in [7, 11) is 3.75. The number of hydrogen-bond donors (Lipinski definition) is 0. The van der Waals surface area contributed by atoms with Gasteiger partial charge in [-0.15, -0.1) is 0 Å². The fourth-order valence-electron chi connectivity index (χ4n) is 4.32. The zero-order chi connectivity index (χ0) is 23.8. The van der Waals surface area contributed by atoms with Gasteiger partial charge in [0.1, 0.15) is 6.04 Å². The van der Waals surface area contributed by atoms with E-state index in [9.17, 15) is 9.36 Å². The van der Waals surface area contributed by atoms with E-state index < -0.39 is 13.6 Å². The maximum absolute atomic E-state index is 14.6.